The van der Waals surface area contributed by atoms with Crippen molar-refractivity contribution in [2.45, 2.75) is 52.4 Å². The number of benzene rings is 1. The Kier molecular flexibility index (Phi) is 6.24. The van der Waals surface area contributed by atoms with Crippen LogP contribution in [0.3, 0.4) is 0 Å². The zero-order valence-corrected chi connectivity index (χ0v) is 15.1. The highest BCUT2D eigenvalue weighted by molar-refractivity contribution is 5.88. The van der Waals surface area contributed by atoms with Gasteiger partial charge < -0.3 is 15.5 Å². The zero-order valence-electron chi connectivity index (χ0n) is 14.3. The van der Waals surface area contributed by atoms with E-state index in [1.54, 1.807) is 4.90 Å². The minimum absolute atomic E-state index is 0. The number of hydrogen-bond donors (Lipinski definition) is 2. The predicted molar refractivity (Wildman–Crippen MR) is 95.7 cm³/mol. The van der Waals surface area contributed by atoms with E-state index in [1.165, 1.54) is 11.1 Å². The van der Waals surface area contributed by atoms with Gasteiger partial charge in [0.1, 0.15) is 6.04 Å². The van der Waals surface area contributed by atoms with Gasteiger partial charge in [0.05, 0.1) is 0 Å². The van der Waals surface area contributed by atoms with Crippen molar-refractivity contribution in [3.63, 3.8) is 0 Å². The molecule has 2 heterocycles. The average Bonchev–Trinajstić information content (AvgIpc) is 3.14. The second-order valence-electron chi connectivity index (χ2n) is 6.80. The van der Waals surface area contributed by atoms with Crippen molar-refractivity contribution in [3.8, 4) is 0 Å². The molecule has 1 aromatic carbocycles. The number of halogens is 1. The Labute approximate surface area is 149 Å². The van der Waals surface area contributed by atoms with Crippen LogP contribution in [0.4, 0.5) is 0 Å². The second kappa shape index (κ2) is 7.99. The lowest BCUT2D eigenvalue weighted by atomic mass is 10.0. The highest BCUT2D eigenvalue weighted by Gasteiger charge is 2.34. The standard InChI is InChI=1S/C18H25N3O2.ClH/c1-12(2)17(21-7-3-4-16(21)22)18(23)20-9-13-5-6-14-10-19-11-15(14)8-13;/h5-6,8,12,17,19H,3-4,7,9-11H2,1-2H3,(H,20,23);1H. The van der Waals surface area contributed by atoms with Crippen LogP contribution in [0.15, 0.2) is 18.2 Å². The number of nitrogens with zero attached hydrogens (tertiary/aromatic N) is 1. The van der Waals surface area contributed by atoms with Gasteiger partial charge in [-0.25, -0.2) is 0 Å². The highest BCUT2D eigenvalue weighted by Crippen LogP contribution is 2.20. The molecule has 2 N–H and O–H groups in total. The van der Waals surface area contributed by atoms with Crippen LogP contribution in [0.5, 0.6) is 0 Å². The first-order chi connectivity index (χ1) is 11.1. The molecule has 1 atom stereocenters. The Morgan fingerprint density at radius 2 is 2.04 bits per heavy atom. The Balaban J connectivity index is 0.00000208. The van der Waals surface area contributed by atoms with Gasteiger partial charge in [0.25, 0.3) is 0 Å². The maximum absolute atomic E-state index is 12.6. The first-order valence-electron chi connectivity index (χ1n) is 8.45. The molecular formula is C18H26ClN3O2. The molecule has 1 fully saturated rings. The number of nitrogens with one attached hydrogen (secondary N) is 2. The van der Waals surface area contributed by atoms with E-state index in [2.05, 4.69) is 28.8 Å². The fraction of sp³-hybridized carbons (Fsp3) is 0.556. The van der Waals surface area contributed by atoms with Crippen LogP contribution in [0.25, 0.3) is 0 Å². The van der Waals surface area contributed by atoms with Gasteiger partial charge in [-0.2, -0.15) is 0 Å². The van der Waals surface area contributed by atoms with Crippen molar-refractivity contribution in [2.24, 2.45) is 5.92 Å². The summed E-state index contributed by atoms with van der Waals surface area (Å²) in [6, 6.07) is 5.99. The lowest BCUT2D eigenvalue weighted by Crippen LogP contribution is -2.50. The SMILES string of the molecule is CC(C)C(C(=O)NCc1ccc2c(c1)CNC2)N1CCCC1=O.Cl. The Bertz CT molecular complexity index is 618. The number of likely N-dealkylation sites (tertiary alicyclic amines) is 1. The average molecular weight is 352 g/mol. The van der Waals surface area contributed by atoms with Crippen molar-refractivity contribution in [1.82, 2.24) is 15.5 Å². The van der Waals surface area contributed by atoms with Crippen LogP contribution in [0.2, 0.25) is 0 Å². The summed E-state index contributed by atoms with van der Waals surface area (Å²) in [5, 5.41) is 6.34. The van der Waals surface area contributed by atoms with E-state index in [0.717, 1.165) is 25.1 Å². The predicted octanol–water partition coefficient (Wildman–Crippen LogP) is 1.97. The van der Waals surface area contributed by atoms with Crippen molar-refractivity contribution in [2.75, 3.05) is 6.54 Å². The van der Waals surface area contributed by atoms with Crippen molar-refractivity contribution >= 4 is 24.2 Å². The quantitative estimate of drug-likeness (QED) is 0.852. The fourth-order valence-corrected chi connectivity index (χ4v) is 3.52. The van der Waals surface area contributed by atoms with Gasteiger partial charge in [-0.15, -0.1) is 12.4 Å². The van der Waals surface area contributed by atoms with Gasteiger partial charge >= 0.3 is 0 Å². The topological polar surface area (TPSA) is 61.4 Å². The summed E-state index contributed by atoms with van der Waals surface area (Å²) in [4.78, 5) is 26.3. The van der Waals surface area contributed by atoms with Crippen LogP contribution in [-0.2, 0) is 29.2 Å². The molecule has 0 radical (unpaired) electrons. The van der Waals surface area contributed by atoms with Crippen molar-refractivity contribution in [1.29, 1.82) is 0 Å². The van der Waals surface area contributed by atoms with Crippen LogP contribution >= 0.6 is 12.4 Å². The van der Waals surface area contributed by atoms with Crippen LogP contribution in [0, 0.1) is 5.92 Å². The number of rotatable bonds is 5. The molecule has 1 saturated heterocycles. The van der Waals surface area contributed by atoms with Gasteiger partial charge in [0.2, 0.25) is 11.8 Å². The molecule has 1 aromatic rings. The minimum Gasteiger partial charge on any atom is -0.350 e. The summed E-state index contributed by atoms with van der Waals surface area (Å²) in [5.74, 6) is 0.164. The highest BCUT2D eigenvalue weighted by atomic mass is 35.5. The molecule has 24 heavy (non-hydrogen) atoms. The largest absolute Gasteiger partial charge is 0.350 e. The minimum atomic E-state index is -0.360. The molecular weight excluding hydrogens is 326 g/mol. The summed E-state index contributed by atoms with van der Waals surface area (Å²) in [6.07, 6.45) is 1.42. The van der Waals surface area contributed by atoms with E-state index in [4.69, 9.17) is 0 Å². The second-order valence-corrected chi connectivity index (χ2v) is 6.80. The van der Waals surface area contributed by atoms with Gasteiger partial charge in [0, 0.05) is 32.6 Å². The first-order valence-corrected chi connectivity index (χ1v) is 8.45. The van der Waals surface area contributed by atoms with Crippen LogP contribution in [0.1, 0.15) is 43.4 Å². The fourth-order valence-electron chi connectivity index (χ4n) is 3.52. The summed E-state index contributed by atoms with van der Waals surface area (Å²) >= 11 is 0. The lowest BCUT2D eigenvalue weighted by molar-refractivity contribution is -0.139. The maximum atomic E-state index is 12.6. The Morgan fingerprint density at radius 3 is 2.71 bits per heavy atom. The van der Waals surface area contributed by atoms with Crippen molar-refractivity contribution in [3.05, 3.63) is 34.9 Å². The molecule has 0 bridgehead atoms. The van der Waals surface area contributed by atoms with E-state index in [9.17, 15) is 9.59 Å². The smallest absolute Gasteiger partial charge is 0.243 e. The summed E-state index contributed by atoms with van der Waals surface area (Å²) in [6.45, 7) is 7.02. The van der Waals surface area contributed by atoms with Crippen LogP contribution < -0.4 is 10.6 Å². The first kappa shape index (κ1) is 18.7. The number of carbonyl (C=O) groups is 2. The van der Waals surface area contributed by atoms with Gasteiger partial charge in [-0.1, -0.05) is 32.0 Å². The van der Waals surface area contributed by atoms with E-state index in [0.29, 0.717) is 19.5 Å². The Hall–Kier alpha value is -1.59. The zero-order chi connectivity index (χ0) is 16.4. The molecule has 3 rings (SSSR count). The summed E-state index contributed by atoms with van der Waals surface area (Å²) in [7, 11) is 0. The van der Waals surface area contributed by atoms with Crippen molar-refractivity contribution < 1.29 is 9.59 Å². The third kappa shape index (κ3) is 3.90. The monoisotopic (exact) mass is 351 g/mol. The number of amides is 2. The molecule has 2 amide bonds. The molecule has 2 aliphatic rings. The molecule has 0 saturated carbocycles. The molecule has 0 aromatic heterocycles. The molecule has 132 valence electrons. The normalized spacial score (nSPS) is 17.6. The van der Waals surface area contributed by atoms with Gasteiger partial charge in [0.15, 0.2) is 0 Å². The van der Waals surface area contributed by atoms with E-state index in [1.807, 2.05) is 13.8 Å². The van der Waals surface area contributed by atoms with Gasteiger partial charge in [-0.3, -0.25) is 9.59 Å². The molecule has 6 heteroatoms. The summed E-state index contributed by atoms with van der Waals surface area (Å²) < 4.78 is 0. The maximum Gasteiger partial charge on any atom is 0.243 e. The van der Waals surface area contributed by atoms with E-state index >= 15 is 0 Å². The Morgan fingerprint density at radius 1 is 1.29 bits per heavy atom. The molecule has 5 nitrogen and oxygen atoms in total. The summed E-state index contributed by atoms with van der Waals surface area (Å²) in [5.41, 5.74) is 3.76. The molecule has 0 spiro atoms. The van der Waals surface area contributed by atoms with Crippen LogP contribution in [-0.4, -0.2) is 29.3 Å². The number of carbonyl (C=O) groups excluding carboxylic acids is 2. The molecule has 1 unspecified atom stereocenters. The third-order valence-corrected chi connectivity index (χ3v) is 4.71. The molecule has 0 aliphatic carbocycles. The third-order valence-electron chi connectivity index (χ3n) is 4.71. The van der Waals surface area contributed by atoms with E-state index in [-0.39, 0.29) is 36.2 Å². The lowest BCUT2D eigenvalue weighted by Gasteiger charge is -2.29. The van der Waals surface area contributed by atoms with Gasteiger partial charge in [-0.05, 0) is 29.0 Å². The molecule has 2 aliphatic heterocycles. The number of hydrogen-bond acceptors (Lipinski definition) is 3. The number of fused-ring (bicyclic) bond motifs is 1. The van der Waals surface area contributed by atoms with E-state index < -0.39 is 0 Å².